The molecule has 7 nitrogen and oxygen atoms in total. The molecule has 7 heteroatoms. The molecule has 26 heavy (non-hydrogen) atoms. The molecule has 3 heterocycles. The largest absolute Gasteiger partial charge is 0.508 e. The first-order chi connectivity index (χ1) is 12.3. The van der Waals surface area contributed by atoms with Gasteiger partial charge in [0.2, 0.25) is 5.78 Å². The lowest BCUT2D eigenvalue weighted by molar-refractivity contribution is 0.0817. The van der Waals surface area contributed by atoms with E-state index in [1.165, 1.54) is 0 Å². The third kappa shape index (κ3) is 2.06. The zero-order chi connectivity index (χ0) is 18.7. The van der Waals surface area contributed by atoms with E-state index in [1.54, 1.807) is 24.1 Å². The van der Waals surface area contributed by atoms with Gasteiger partial charge in [-0.2, -0.15) is 4.98 Å². The van der Waals surface area contributed by atoms with Gasteiger partial charge in [0.1, 0.15) is 11.6 Å². The third-order valence-electron chi connectivity index (χ3n) is 4.76. The molecule has 0 fully saturated rings. The van der Waals surface area contributed by atoms with Crippen LogP contribution in [-0.4, -0.2) is 44.0 Å². The monoisotopic (exact) mass is 351 g/mol. The minimum atomic E-state index is -0.0790. The summed E-state index contributed by atoms with van der Waals surface area (Å²) < 4.78 is 3.82. The zero-order valence-corrected chi connectivity index (χ0v) is 15.5. The molecular weight excluding hydrogens is 330 g/mol. The highest BCUT2D eigenvalue weighted by Crippen LogP contribution is 2.34. The topological polar surface area (TPSA) is 66.0 Å². The second-order valence-electron chi connectivity index (χ2n) is 6.82. The van der Waals surface area contributed by atoms with Crippen molar-refractivity contribution in [1.82, 2.24) is 18.9 Å². The Balaban J connectivity index is 2.00. The fourth-order valence-corrected chi connectivity index (χ4v) is 3.70. The van der Waals surface area contributed by atoms with E-state index in [9.17, 15) is 9.90 Å². The van der Waals surface area contributed by atoms with Gasteiger partial charge in [0.05, 0.1) is 0 Å². The number of carbonyl (C=O) groups excluding carboxylic acids is 1. The van der Waals surface area contributed by atoms with E-state index in [0.29, 0.717) is 17.3 Å². The maximum atomic E-state index is 13.0. The van der Waals surface area contributed by atoms with Crippen LogP contribution in [0.5, 0.6) is 5.75 Å². The van der Waals surface area contributed by atoms with Crippen LogP contribution in [0.4, 0.5) is 5.82 Å². The number of rotatable bonds is 1. The maximum absolute atomic E-state index is 13.0. The lowest BCUT2D eigenvalue weighted by Gasteiger charge is -2.34. The van der Waals surface area contributed by atoms with Crippen LogP contribution in [0.3, 0.4) is 0 Å². The number of nitrogens with zero attached hydrogens (tertiary/aromatic N) is 5. The smallest absolute Gasteiger partial charge is 0.280 e. The molecule has 1 amide bonds. The summed E-state index contributed by atoms with van der Waals surface area (Å²) in [5.41, 5.74) is 3.43. The Bertz CT molecular complexity index is 1070. The third-order valence-corrected chi connectivity index (χ3v) is 4.76. The van der Waals surface area contributed by atoms with Crippen molar-refractivity contribution in [2.45, 2.75) is 20.8 Å². The molecule has 4 rings (SSSR count). The Morgan fingerprint density at radius 3 is 2.35 bits per heavy atom. The first-order valence-corrected chi connectivity index (χ1v) is 8.40. The van der Waals surface area contributed by atoms with Crippen LogP contribution in [0.25, 0.3) is 11.5 Å². The summed E-state index contributed by atoms with van der Waals surface area (Å²) >= 11 is 0. The van der Waals surface area contributed by atoms with E-state index < -0.39 is 0 Å². The number of allylic oxidation sites excluding steroid dienone is 1. The molecule has 0 unspecified atom stereocenters. The Morgan fingerprint density at radius 2 is 1.73 bits per heavy atom. The maximum Gasteiger partial charge on any atom is 0.280 e. The van der Waals surface area contributed by atoms with Crippen molar-refractivity contribution in [3.63, 3.8) is 0 Å². The minimum absolute atomic E-state index is 0.0790. The summed E-state index contributed by atoms with van der Waals surface area (Å²) in [5, 5.41) is 9.56. The minimum Gasteiger partial charge on any atom is -0.508 e. The molecule has 1 aliphatic heterocycles. The number of hydrogen-bond acceptors (Lipinski definition) is 4. The van der Waals surface area contributed by atoms with E-state index in [-0.39, 0.29) is 11.7 Å². The molecule has 134 valence electrons. The Kier molecular flexibility index (Phi) is 3.37. The number of benzene rings is 1. The standard InChI is InChI=1S/C19H21N5O2/c1-11(2)17-21(4)16-15(18(26)22(17)5)23-10-12(3)24(19(23)20-16)13-6-8-14(25)9-7-13/h6-10,25H,1-5H3. The number of aromatic hydroxyl groups is 1. The number of imidazole rings is 2. The SMILES string of the molecule is CC(C)=C1N(C)C(=O)c2c(nc3n(-c4ccc(O)cc4)c(C)cn23)N1C. The molecule has 1 N–H and O–H groups in total. The van der Waals surface area contributed by atoms with Crippen molar-refractivity contribution in [2.24, 2.45) is 0 Å². The molecule has 3 aromatic rings. The lowest BCUT2D eigenvalue weighted by Crippen LogP contribution is -2.41. The Labute approximate surface area is 151 Å². The molecule has 0 saturated heterocycles. The number of fused-ring (bicyclic) bond motifs is 3. The van der Waals surface area contributed by atoms with Gasteiger partial charge in [0, 0.05) is 31.7 Å². The second-order valence-corrected chi connectivity index (χ2v) is 6.82. The molecule has 0 aliphatic carbocycles. The summed E-state index contributed by atoms with van der Waals surface area (Å²) in [4.78, 5) is 21.4. The zero-order valence-electron chi connectivity index (χ0n) is 15.5. The van der Waals surface area contributed by atoms with E-state index in [2.05, 4.69) is 0 Å². The molecule has 2 aromatic heterocycles. The molecule has 1 aliphatic rings. The summed E-state index contributed by atoms with van der Waals surface area (Å²) in [6, 6.07) is 6.94. The number of phenolic OH excluding ortho intramolecular Hbond substituents is 1. The Morgan fingerprint density at radius 1 is 1.08 bits per heavy atom. The highest BCUT2D eigenvalue weighted by Gasteiger charge is 2.35. The van der Waals surface area contributed by atoms with Gasteiger partial charge in [-0.1, -0.05) is 0 Å². The first-order valence-electron chi connectivity index (χ1n) is 8.40. The van der Waals surface area contributed by atoms with E-state index in [1.807, 2.05) is 60.0 Å². The van der Waals surface area contributed by atoms with Crippen molar-refractivity contribution in [2.75, 3.05) is 19.0 Å². The summed E-state index contributed by atoms with van der Waals surface area (Å²) in [6.45, 7) is 5.94. The first kappa shape index (κ1) is 16.3. The number of hydrogen-bond donors (Lipinski definition) is 1. The van der Waals surface area contributed by atoms with E-state index in [0.717, 1.165) is 22.8 Å². The number of carbonyl (C=O) groups is 1. The lowest BCUT2D eigenvalue weighted by atomic mass is 10.2. The molecular formula is C19H21N5O2. The number of aryl methyl sites for hydroxylation is 1. The molecule has 0 spiro atoms. The average Bonchev–Trinajstić information content (AvgIpc) is 3.08. The van der Waals surface area contributed by atoms with Crippen LogP contribution >= 0.6 is 0 Å². The fraction of sp³-hybridized carbons (Fsp3) is 0.263. The second kappa shape index (κ2) is 5.39. The van der Waals surface area contributed by atoms with Gasteiger partial charge in [-0.25, -0.2) is 0 Å². The number of anilines is 1. The van der Waals surface area contributed by atoms with Crippen molar-refractivity contribution in [3.8, 4) is 11.4 Å². The van der Waals surface area contributed by atoms with Crippen molar-refractivity contribution in [1.29, 1.82) is 0 Å². The molecule has 1 aromatic carbocycles. The van der Waals surface area contributed by atoms with Gasteiger partial charge in [-0.15, -0.1) is 0 Å². The normalized spacial score (nSPS) is 14.3. The van der Waals surface area contributed by atoms with Crippen molar-refractivity contribution in [3.05, 3.63) is 53.2 Å². The number of aromatic nitrogens is 3. The van der Waals surface area contributed by atoms with Gasteiger partial charge < -0.3 is 10.0 Å². The van der Waals surface area contributed by atoms with Gasteiger partial charge in [-0.05, 0) is 50.6 Å². The Hall–Kier alpha value is -3.22. The van der Waals surface area contributed by atoms with Gasteiger partial charge in [-0.3, -0.25) is 18.7 Å². The quantitative estimate of drug-likeness (QED) is 0.732. The highest BCUT2D eigenvalue weighted by atomic mass is 16.3. The van der Waals surface area contributed by atoms with Crippen LogP contribution < -0.4 is 4.90 Å². The van der Waals surface area contributed by atoms with Crippen molar-refractivity contribution >= 4 is 17.5 Å². The van der Waals surface area contributed by atoms with Gasteiger partial charge in [0.25, 0.3) is 5.91 Å². The molecule has 0 saturated carbocycles. The van der Waals surface area contributed by atoms with Crippen LogP contribution in [0.2, 0.25) is 0 Å². The fourth-order valence-electron chi connectivity index (χ4n) is 3.70. The molecule has 0 bridgehead atoms. The summed E-state index contributed by atoms with van der Waals surface area (Å²) in [7, 11) is 3.71. The van der Waals surface area contributed by atoms with Gasteiger partial charge >= 0.3 is 0 Å². The van der Waals surface area contributed by atoms with Crippen molar-refractivity contribution < 1.29 is 9.90 Å². The predicted molar refractivity (Wildman–Crippen MR) is 99.8 cm³/mol. The van der Waals surface area contributed by atoms with E-state index in [4.69, 9.17) is 4.98 Å². The van der Waals surface area contributed by atoms with Crippen LogP contribution in [0.1, 0.15) is 30.0 Å². The highest BCUT2D eigenvalue weighted by molar-refractivity contribution is 6.02. The number of phenols is 1. The average molecular weight is 351 g/mol. The van der Waals surface area contributed by atoms with E-state index >= 15 is 0 Å². The van der Waals surface area contributed by atoms with Crippen LogP contribution in [0, 0.1) is 6.92 Å². The van der Waals surface area contributed by atoms with Crippen LogP contribution in [0.15, 0.2) is 41.9 Å². The predicted octanol–water partition coefficient (Wildman–Crippen LogP) is 2.91. The summed E-state index contributed by atoms with van der Waals surface area (Å²) in [6.07, 6.45) is 1.92. The van der Waals surface area contributed by atoms with Crippen LogP contribution in [-0.2, 0) is 0 Å². The summed E-state index contributed by atoms with van der Waals surface area (Å²) in [5.74, 6) is 2.29. The number of amides is 1. The molecule has 0 atom stereocenters. The molecule has 0 radical (unpaired) electrons. The van der Waals surface area contributed by atoms with Gasteiger partial charge in [0.15, 0.2) is 11.5 Å².